The lowest BCUT2D eigenvalue weighted by Gasteiger charge is -2.28. The standard InChI is InChI=1S/C32H38N2O11/c1-32(23(16-28(38)44-5)21(30(39)34-32)12-14-26(36)42-3)17-24-22(15-27(37)43-4)20(11-13-25(35)41-2)29(33-24)31(40)45-18-19-9-7-6-8-10-19/h6-10,33H,11-18H2,1-5H3,(H,34,39). The molecule has 2 heterocycles. The van der Waals surface area contributed by atoms with E-state index in [0.717, 1.165) is 5.56 Å². The van der Waals surface area contributed by atoms with Crippen molar-refractivity contribution in [3.05, 3.63) is 69.6 Å². The molecule has 0 spiro atoms. The second kappa shape index (κ2) is 15.7. The highest BCUT2D eigenvalue weighted by Gasteiger charge is 2.43. The third-order valence-corrected chi connectivity index (χ3v) is 7.66. The van der Waals surface area contributed by atoms with Crippen LogP contribution in [0, 0.1) is 0 Å². The molecule has 13 nitrogen and oxygen atoms in total. The van der Waals surface area contributed by atoms with E-state index in [1.54, 1.807) is 19.1 Å². The first kappa shape index (κ1) is 34.5. The number of benzene rings is 1. The summed E-state index contributed by atoms with van der Waals surface area (Å²) in [5.41, 5.74) is 1.34. The van der Waals surface area contributed by atoms with Gasteiger partial charge in [-0.1, -0.05) is 30.3 Å². The van der Waals surface area contributed by atoms with Gasteiger partial charge in [0, 0.05) is 30.5 Å². The molecule has 1 aliphatic rings. The summed E-state index contributed by atoms with van der Waals surface area (Å²) in [6.07, 6.45) is -0.663. The molecule has 1 atom stereocenters. The summed E-state index contributed by atoms with van der Waals surface area (Å²) in [4.78, 5) is 78.8. The fourth-order valence-corrected chi connectivity index (χ4v) is 5.28. The average Bonchev–Trinajstić information content (AvgIpc) is 3.48. The lowest BCUT2D eigenvalue weighted by Crippen LogP contribution is -2.44. The van der Waals surface area contributed by atoms with Gasteiger partial charge >= 0.3 is 29.8 Å². The smallest absolute Gasteiger partial charge is 0.355 e. The van der Waals surface area contributed by atoms with Gasteiger partial charge in [-0.2, -0.15) is 0 Å². The summed E-state index contributed by atoms with van der Waals surface area (Å²) in [6.45, 7) is 1.67. The number of carbonyl (C=O) groups excluding carboxylic acids is 6. The molecule has 0 fully saturated rings. The minimum Gasteiger partial charge on any atom is -0.469 e. The van der Waals surface area contributed by atoms with E-state index in [1.165, 1.54) is 28.4 Å². The maximum absolute atomic E-state index is 13.5. The number of esters is 5. The molecule has 0 aliphatic carbocycles. The first-order valence-electron chi connectivity index (χ1n) is 14.2. The van der Waals surface area contributed by atoms with Crippen LogP contribution in [0.3, 0.4) is 0 Å². The lowest BCUT2D eigenvalue weighted by atomic mass is 9.83. The first-order chi connectivity index (χ1) is 21.5. The van der Waals surface area contributed by atoms with Crippen LogP contribution in [0.5, 0.6) is 0 Å². The zero-order chi connectivity index (χ0) is 33.1. The largest absolute Gasteiger partial charge is 0.469 e. The Balaban J connectivity index is 2.10. The van der Waals surface area contributed by atoms with Gasteiger partial charge in [0.25, 0.3) is 0 Å². The van der Waals surface area contributed by atoms with Crippen molar-refractivity contribution < 1.29 is 52.5 Å². The van der Waals surface area contributed by atoms with Gasteiger partial charge in [0.1, 0.15) is 12.3 Å². The van der Waals surface area contributed by atoms with Gasteiger partial charge in [-0.15, -0.1) is 0 Å². The molecule has 45 heavy (non-hydrogen) atoms. The summed E-state index contributed by atoms with van der Waals surface area (Å²) < 4.78 is 24.9. The summed E-state index contributed by atoms with van der Waals surface area (Å²) in [5, 5.41) is 2.91. The van der Waals surface area contributed by atoms with E-state index in [9.17, 15) is 28.8 Å². The van der Waals surface area contributed by atoms with Crippen LogP contribution in [-0.2, 0) is 73.5 Å². The summed E-state index contributed by atoms with van der Waals surface area (Å²) in [7, 11) is 4.92. The van der Waals surface area contributed by atoms with Gasteiger partial charge < -0.3 is 34.0 Å². The molecule has 1 aliphatic heterocycles. The van der Waals surface area contributed by atoms with Gasteiger partial charge in [-0.3, -0.25) is 24.0 Å². The quantitative estimate of drug-likeness (QED) is 0.219. The van der Waals surface area contributed by atoms with E-state index in [4.69, 9.17) is 23.7 Å². The summed E-state index contributed by atoms with van der Waals surface area (Å²) in [5.74, 6) is -3.47. The molecule has 0 saturated carbocycles. The normalized spacial score (nSPS) is 15.7. The SMILES string of the molecule is COC(=O)CCC1=C(CC(=O)OC)C(C)(Cc2[nH]c(C(=O)OCc3ccccc3)c(CCC(=O)OC)c2CC(=O)OC)NC1=O. The number of hydrogen-bond donors (Lipinski definition) is 2. The highest BCUT2D eigenvalue weighted by Crippen LogP contribution is 2.37. The molecule has 0 saturated heterocycles. The van der Waals surface area contributed by atoms with Crippen molar-refractivity contribution in [1.29, 1.82) is 0 Å². The fourth-order valence-electron chi connectivity index (χ4n) is 5.28. The van der Waals surface area contributed by atoms with Crippen LogP contribution in [0.4, 0.5) is 0 Å². The topological polar surface area (TPSA) is 176 Å². The number of hydrogen-bond acceptors (Lipinski definition) is 11. The summed E-state index contributed by atoms with van der Waals surface area (Å²) >= 11 is 0. The Hall–Kier alpha value is -4.94. The number of aromatic amines is 1. The van der Waals surface area contributed by atoms with E-state index in [0.29, 0.717) is 22.4 Å². The fraction of sp³-hybridized carbons (Fsp3) is 0.438. The Bertz CT molecular complexity index is 1480. The molecular formula is C32H38N2O11. The summed E-state index contributed by atoms with van der Waals surface area (Å²) in [6, 6.07) is 9.04. The predicted octanol–water partition coefficient (Wildman–Crippen LogP) is 2.44. The van der Waals surface area contributed by atoms with Crippen molar-refractivity contribution >= 4 is 35.8 Å². The van der Waals surface area contributed by atoms with E-state index in [1.807, 2.05) is 18.2 Å². The van der Waals surface area contributed by atoms with E-state index in [-0.39, 0.29) is 62.8 Å². The van der Waals surface area contributed by atoms with Crippen molar-refractivity contribution in [1.82, 2.24) is 10.3 Å². The Kier molecular flexibility index (Phi) is 12.0. The van der Waals surface area contributed by atoms with Gasteiger partial charge in [-0.05, 0) is 42.0 Å². The third-order valence-electron chi connectivity index (χ3n) is 7.66. The maximum atomic E-state index is 13.5. The van der Waals surface area contributed by atoms with Gasteiger partial charge in [0.05, 0.1) is 46.8 Å². The van der Waals surface area contributed by atoms with Crippen molar-refractivity contribution in [2.75, 3.05) is 28.4 Å². The van der Waals surface area contributed by atoms with Crippen LogP contribution in [0.25, 0.3) is 0 Å². The van der Waals surface area contributed by atoms with Crippen LogP contribution in [0.1, 0.15) is 65.5 Å². The Labute approximate surface area is 260 Å². The van der Waals surface area contributed by atoms with Gasteiger partial charge in [0.15, 0.2) is 0 Å². The molecule has 3 rings (SSSR count). The van der Waals surface area contributed by atoms with Crippen LogP contribution in [0.2, 0.25) is 0 Å². The van der Waals surface area contributed by atoms with Crippen LogP contribution >= 0.6 is 0 Å². The molecule has 1 aromatic heterocycles. The third kappa shape index (κ3) is 8.80. The predicted molar refractivity (Wildman–Crippen MR) is 158 cm³/mol. The number of nitrogens with one attached hydrogen (secondary N) is 2. The minimum atomic E-state index is -1.20. The zero-order valence-electron chi connectivity index (χ0n) is 26.0. The van der Waals surface area contributed by atoms with E-state index in [2.05, 4.69) is 10.3 Å². The number of aromatic nitrogens is 1. The Morgan fingerprint density at radius 1 is 0.756 bits per heavy atom. The number of amides is 1. The second-order valence-corrected chi connectivity index (χ2v) is 10.6. The van der Waals surface area contributed by atoms with Crippen LogP contribution in [0.15, 0.2) is 41.5 Å². The van der Waals surface area contributed by atoms with Gasteiger partial charge in [0.2, 0.25) is 5.91 Å². The second-order valence-electron chi connectivity index (χ2n) is 10.6. The molecule has 2 N–H and O–H groups in total. The highest BCUT2D eigenvalue weighted by molar-refractivity contribution is 6.00. The molecule has 1 unspecified atom stereocenters. The zero-order valence-corrected chi connectivity index (χ0v) is 26.0. The Morgan fingerprint density at radius 3 is 1.93 bits per heavy atom. The number of ether oxygens (including phenoxy) is 5. The molecule has 242 valence electrons. The monoisotopic (exact) mass is 626 g/mol. The molecule has 0 bridgehead atoms. The van der Waals surface area contributed by atoms with Crippen LogP contribution < -0.4 is 5.32 Å². The minimum absolute atomic E-state index is 0.00366. The molecule has 1 amide bonds. The van der Waals surface area contributed by atoms with Crippen molar-refractivity contribution in [2.24, 2.45) is 0 Å². The van der Waals surface area contributed by atoms with Crippen LogP contribution in [-0.4, -0.2) is 74.7 Å². The molecule has 0 radical (unpaired) electrons. The number of carbonyl (C=O) groups is 6. The maximum Gasteiger partial charge on any atom is 0.355 e. The first-order valence-corrected chi connectivity index (χ1v) is 14.2. The van der Waals surface area contributed by atoms with E-state index < -0.39 is 41.3 Å². The van der Waals surface area contributed by atoms with Crippen molar-refractivity contribution in [3.63, 3.8) is 0 Å². The molecule has 13 heteroatoms. The lowest BCUT2D eigenvalue weighted by molar-refractivity contribution is -0.141. The number of rotatable bonds is 15. The molecule has 2 aromatic rings. The number of H-pyrrole nitrogens is 1. The van der Waals surface area contributed by atoms with E-state index >= 15 is 0 Å². The number of methoxy groups -OCH3 is 4. The van der Waals surface area contributed by atoms with Crippen molar-refractivity contribution in [3.8, 4) is 0 Å². The van der Waals surface area contributed by atoms with Crippen molar-refractivity contribution in [2.45, 2.75) is 64.0 Å². The van der Waals surface area contributed by atoms with Gasteiger partial charge in [-0.25, -0.2) is 4.79 Å². The highest BCUT2D eigenvalue weighted by atomic mass is 16.5. The average molecular weight is 627 g/mol. The molecular weight excluding hydrogens is 588 g/mol. The Morgan fingerprint density at radius 2 is 1.33 bits per heavy atom. The molecule has 1 aromatic carbocycles.